The summed E-state index contributed by atoms with van der Waals surface area (Å²) in [6.07, 6.45) is 3.81. The molecule has 1 aliphatic rings. The van der Waals surface area contributed by atoms with Gasteiger partial charge in [0.05, 0.1) is 0 Å². The van der Waals surface area contributed by atoms with Gasteiger partial charge in [0, 0.05) is 31.2 Å². The lowest BCUT2D eigenvalue weighted by atomic mass is 9.84. The van der Waals surface area contributed by atoms with Gasteiger partial charge >= 0.3 is 0 Å². The maximum atomic E-state index is 3.79. The zero-order valence-corrected chi connectivity index (χ0v) is 13.4. The van der Waals surface area contributed by atoms with Gasteiger partial charge < -0.3 is 5.32 Å². The zero-order chi connectivity index (χ0) is 13.8. The van der Waals surface area contributed by atoms with Crippen molar-refractivity contribution in [2.45, 2.75) is 72.4 Å². The van der Waals surface area contributed by atoms with E-state index in [0.29, 0.717) is 11.6 Å². The third-order valence-electron chi connectivity index (χ3n) is 5.13. The Morgan fingerprint density at radius 2 is 1.78 bits per heavy atom. The molecule has 2 unspecified atom stereocenters. The van der Waals surface area contributed by atoms with Gasteiger partial charge in [0.2, 0.25) is 0 Å². The molecule has 0 bridgehead atoms. The molecule has 1 rings (SSSR count). The number of hydrogen-bond acceptors (Lipinski definition) is 2. The fourth-order valence-electron chi connectivity index (χ4n) is 3.10. The van der Waals surface area contributed by atoms with E-state index in [2.05, 4.69) is 51.8 Å². The van der Waals surface area contributed by atoms with E-state index in [-0.39, 0.29) is 0 Å². The first-order valence-corrected chi connectivity index (χ1v) is 7.97. The Labute approximate surface area is 115 Å². The number of piperazine rings is 1. The average Bonchev–Trinajstić information content (AvgIpc) is 2.38. The summed E-state index contributed by atoms with van der Waals surface area (Å²) in [6, 6.07) is 0.667. The van der Waals surface area contributed by atoms with Crippen molar-refractivity contribution in [2.24, 2.45) is 11.8 Å². The number of rotatable bonds is 6. The molecular formula is C16H34N2. The lowest BCUT2D eigenvalue weighted by Crippen LogP contribution is -2.65. The molecule has 1 aliphatic heterocycles. The summed E-state index contributed by atoms with van der Waals surface area (Å²) in [5, 5.41) is 3.79. The fourth-order valence-corrected chi connectivity index (χ4v) is 3.10. The van der Waals surface area contributed by atoms with Crippen LogP contribution in [0.2, 0.25) is 0 Å². The van der Waals surface area contributed by atoms with Crippen molar-refractivity contribution in [1.82, 2.24) is 10.2 Å². The molecule has 0 spiro atoms. The van der Waals surface area contributed by atoms with Crippen molar-refractivity contribution in [3.8, 4) is 0 Å². The Hall–Kier alpha value is -0.0800. The van der Waals surface area contributed by atoms with Crippen LogP contribution in [0.3, 0.4) is 0 Å². The van der Waals surface area contributed by atoms with E-state index in [4.69, 9.17) is 0 Å². The Balaban J connectivity index is 2.78. The van der Waals surface area contributed by atoms with E-state index >= 15 is 0 Å². The molecule has 1 N–H and O–H groups in total. The topological polar surface area (TPSA) is 15.3 Å². The van der Waals surface area contributed by atoms with E-state index in [0.717, 1.165) is 11.8 Å². The first-order chi connectivity index (χ1) is 8.49. The van der Waals surface area contributed by atoms with Crippen LogP contribution in [0.25, 0.3) is 0 Å². The van der Waals surface area contributed by atoms with Gasteiger partial charge in [-0.05, 0) is 24.7 Å². The smallest absolute Gasteiger partial charge is 0.0329 e. The molecule has 0 saturated carbocycles. The Kier molecular flexibility index (Phi) is 6.13. The van der Waals surface area contributed by atoms with Gasteiger partial charge in [-0.2, -0.15) is 0 Å². The van der Waals surface area contributed by atoms with Crippen molar-refractivity contribution in [1.29, 1.82) is 0 Å². The van der Waals surface area contributed by atoms with E-state index in [1.807, 2.05) is 0 Å². The van der Waals surface area contributed by atoms with Gasteiger partial charge in [-0.25, -0.2) is 0 Å². The number of hydrogen-bond donors (Lipinski definition) is 1. The average molecular weight is 254 g/mol. The van der Waals surface area contributed by atoms with Crippen LogP contribution in [-0.4, -0.2) is 36.1 Å². The second-order valence-corrected chi connectivity index (χ2v) is 6.58. The van der Waals surface area contributed by atoms with Crippen LogP contribution in [0.5, 0.6) is 0 Å². The third-order valence-corrected chi connectivity index (χ3v) is 5.13. The zero-order valence-electron chi connectivity index (χ0n) is 13.4. The van der Waals surface area contributed by atoms with Crippen LogP contribution < -0.4 is 5.32 Å². The molecular weight excluding hydrogens is 220 g/mol. The predicted octanol–water partition coefficient (Wildman–Crippen LogP) is 3.52. The number of nitrogens with zero attached hydrogens (tertiary/aromatic N) is 1. The highest BCUT2D eigenvalue weighted by Gasteiger charge is 2.39. The summed E-state index contributed by atoms with van der Waals surface area (Å²) < 4.78 is 0. The van der Waals surface area contributed by atoms with Crippen molar-refractivity contribution in [3.05, 3.63) is 0 Å². The van der Waals surface area contributed by atoms with Crippen LogP contribution in [0.15, 0.2) is 0 Å². The highest BCUT2D eigenvalue weighted by atomic mass is 15.3. The highest BCUT2D eigenvalue weighted by Crippen LogP contribution is 2.29. The van der Waals surface area contributed by atoms with E-state index in [1.165, 1.54) is 38.9 Å². The summed E-state index contributed by atoms with van der Waals surface area (Å²) in [5.41, 5.74) is 0.398. The molecule has 1 heterocycles. The normalized spacial score (nSPS) is 26.5. The van der Waals surface area contributed by atoms with E-state index in [1.54, 1.807) is 0 Å². The van der Waals surface area contributed by atoms with Gasteiger partial charge in [0.1, 0.15) is 0 Å². The quantitative estimate of drug-likeness (QED) is 0.780. The minimum absolute atomic E-state index is 0.398. The maximum absolute atomic E-state index is 3.79. The van der Waals surface area contributed by atoms with Crippen LogP contribution in [0, 0.1) is 11.8 Å². The number of nitrogens with one attached hydrogen (secondary N) is 1. The van der Waals surface area contributed by atoms with Gasteiger partial charge in [-0.3, -0.25) is 4.90 Å². The van der Waals surface area contributed by atoms with Crippen LogP contribution in [0.1, 0.15) is 60.8 Å². The molecule has 0 radical (unpaired) electrons. The monoisotopic (exact) mass is 254 g/mol. The molecule has 0 aromatic rings. The molecule has 0 aromatic heterocycles. The molecule has 0 aromatic carbocycles. The Bertz CT molecular complexity index is 233. The molecule has 0 amide bonds. The largest absolute Gasteiger partial charge is 0.311 e. The minimum atomic E-state index is 0.398. The maximum Gasteiger partial charge on any atom is 0.0329 e. The van der Waals surface area contributed by atoms with Gasteiger partial charge in [-0.15, -0.1) is 0 Å². The van der Waals surface area contributed by atoms with Crippen molar-refractivity contribution in [2.75, 3.05) is 19.6 Å². The van der Waals surface area contributed by atoms with Crippen molar-refractivity contribution >= 4 is 0 Å². The van der Waals surface area contributed by atoms with Crippen LogP contribution in [-0.2, 0) is 0 Å². The molecule has 0 aliphatic carbocycles. The lowest BCUT2D eigenvalue weighted by molar-refractivity contribution is 0.0117. The predicted molar refractivity (Wildman–Crippen MR) is 81.0 cm³/mol. The molecule has 18 heavy (non-hydrogen) atoms. The summed E-state index contributed by atoms with van der Waals surface area (Å²) >= 11 is 0. The highest BCUT2D eigenvalue weighted by molar-refractivity contribution is 4.98. The van der Waals surface area contributed by atoms with Crippen LogP contribution in [0.4, 0.5) is 0 Å². The van der Waals surface area contributed by atoms with E-state index in [9.17, 15) is 0 Å². The SMILES string of the molecule is CCC(C)CN1CC(C(C)C)NCC1(CC)CC. The molecule has 2 atom stereocenters. The second-order valence-electron chi connectivity index (χ2n) is 6.58. The minimum Gasteiger partial charge on any atom is -0.311 e. The van der Waals surface area contributed by atoms with Gasteiger partial charge in [0.25, 0.3) is 0 Å². The van der Waals surface area contributed by atoms with E-state index < -0.39 is 0 Å². The van der Waals surface area contributed by atoms with Crippen LogP contribution >= 0.6 is 0 Å². The van der Waals surface area contributed by atoms with Gasteiger partial charge in [0.15, 0.2) is 0 Å². The molecule has 2 nitrogen and oxygen atoms in total. The molecule has 1 saturated heterocycles. The lowest BCUT2D eigenvalue weighted by Gasteiger charge is -2.51. The second kappa shape index (κ2) is 6.91. The third kappa shape index (κ3) is 3.48. The molecule has 1 fully saturated rings. The first-order valence-electron chi connectivity index (χ1n) is 7.97. The Morgan fingerprint density at radius 3 is 2.22 bits per heavy atom. The molecule has 108 valence electrons. The summed E-state index contributed by atoms with van der Waals surface area (Å²) in [6.45, 7) is 17.7. The summed E-state index contributed by atoms with van der Waals surface area (Å²) in [4.78, 5) is 2.79. The molecule has 2 heteroatoms. The standard InChI is InChI=1S/C16H34N2/c1-7-14(6)10-18-11-15(13(4)5)17-12-16(18,8-2)9-3/h13-15,17H,7-12H2,1-6H3. The van der Waals surface area contributed by atoms with Gasteiger partial charge in [-0.1, -0.05) is 48.0 Å². The van der Waals surface area contributed by atoms with Crippen molar-refractivity contribution in [3.63, 3.8) is 0 Å². The summed E-state index contributed by atoms with van der Waals surface area (Å²) in [5.74, 6) is 1.55. The summed E-state index contributed by atoms with van der Waals surface area (Å²) in [7, 11) is 0. The first kappa shape index (κ1) is 16.0. The Morgan fingerprint density at radius 1 is 1.17 bits per heavy atom. The fraction of sp³-hybridized carbons (Fsp3) is 1.00. The van der Waals surface area contributed by atoms with Crippen molar-refractivity contribution < 1.29 is 0 Å².